The standard InChI is InChI=1S/C15H28.2C2H6/c1-3-15(10-4-11-15)12-9-14-7-5-13(2)6-8-14;2*1-2/h13-14H,3-12H2,1-2H3;2*1-2H3. The second-order valence-corrected chi connectivity index (χ2v) is 6.37. The van der Waals surface area contributed by atoms with Crippen molar-refractivity contribution in [3.63, 3.8) is 0 Å². The van der Waals surface area contributed by atoms with Crippen LogP contribution in [-0.2, 0) is 0 Å². The molecule has 0 heteroatoms. The van der Waals surface area contributed by atoms with Crippen molar-refractivity contribution >= 4 is 0 Å². The van der Waals surface area contributed by atoms with Crippen LogP contribution in [0.2, 0.25) is 0 Å². The molecule has 0 heterocycles. The van der Waals surface area contributed by atoms with E-state index in [1.807, 2.05) is 27.7 Å². The molecular formula is C19H40. The summed E-state index contributed by atoms with van der Waals surface area (Å²) in [5.74, 6) is 2.11. The van der Waals surface area contributed by atoms with Crippen molar-refractivity contribution in [3.8, 4) is 0 Å². The Hall–Kier alpha value is 0. The fourth-order valence-electron chi connectivity index (χ4n) is 3.59. The molecule has 2 aliphatic carbocycles. The van der Waals surface area contributed by atoms with Crippen LogP contribution in [0.15, 0.2) is 0 Å². The van der Waals surface area contributed by atoms with Crippen LogP contribution >= 0.6 is 0 Å². The van der Waals surface area contributed by atoms with Gasteiger partial charge in [0.15, 0.2) is 0 Å². The minimum Gasteiger partial charge on any atom is -0.0683 e. The number of rotatable bonds is 4. The SMILES string of the molecule is CC.CC.CCC1(CCC2CCC(C)CC2)CCC1. The molecule has 0 radical (unpaired) electrons. The highest BCUT2D eigenvalue weighted by Gasteiger charge is 2.35. The summed E-state index contributed by atoms with van der Waals surface area (Å²) < 4.78 is 0. The minimum absolute atomic E-state index is 0.809. The monoisotopic (exact) mass is 268 g/mol. The lowest BCUT2D eigenvalue weighted by molar-refractivity contribution is 0.0961. The van der Waals surface area contributed by atoms with Crippen molar-refractivity contribution in [2.24, 2.45) is 17.3 Å². The lowest BCUT2D eigenvalue weighted by atomic mass is 9.63. The van der Waals surface area contributed by atoms with Crippen molar-refractivity contribution in [1.29, 1.82) is 0 Å². The lowest BCUT2D eigenvalue weighted by Gasteiger charge is -2.42. The molecule has 2 fully saturated rings. The van der Waals surface area contributed by atoms with Gasteiger partial charge in [-0.15, -0.1) is 0 Å². The maximum atomic E-state index is 2.43. The maximum Gasteiger partial charge on any atom is -0.0300 e. The summed E-state index contributed by atoms with van der Waals surface area (Å²) >= 11 is 0. The molecule has 0 atom stereocenters. The average molecular weight is 269 g/mol. The molecule has 0 spiro atoms. The van der Waals surface area contributed by atoms with E-state index in [2.05, 4.69) is 13.8 Å². The van der Waals surface area contributed by atoms with E-state index in [9.17, 15) is 0 Å². The molecule has 2 rings (SSSR count). The van der Waals surface area contributed by atoms with Crippen molar-refractivity contribution in [3.05, 3.63) is 0 Å². The van der Waals surface area contributed by atoms with E-state index < -0.39 is 0 Å². The third-order valence-corrected chi connectivity index (χ3v) is 5.38. The topological polar surface area (TPSA) is 0 Å². The molecule has 0 aromatic rings. The van der Waals surface area contributed by atoms with Crippen LogP contribution in [-0.4, -0.2) is 0 Å². The fourth-order valence-corrected chi connectivity index (χ4v) is 3.59. The average Bonchev–Trinajstić information content (AvgIpc) is 2.44. The Bertz CT molecular complexity index is 177. The maximum absolute atomic E-state index is 2.43. The van der Waals surface area contributed by atoms with Gasteiger partial charge >= 0.3 is 0 Å². The van der Waals surface area contributed by atoms with E-state index in [1.54, 1.807) is 12.8 Å². The Labute approximate surface area is 123 Å². The van der Waals surface area contributed by atoms with Crippen molar-refractivity contribution in [2.45, 2.75) is 106 Å². The highest BCUT2D eigenvalue weighted by molar-refractivity contribution is 4.87. The first kappa shape index (κ1) is 19.0. The summed E-state index contributed by atoms with van der Waals surface area (Å²) in [4.78, 5) is 0. The van der Waals surface area contributed by atoms with Crippen LogP contribution < -0.4 is 0 Å². The van der Waals surface area contributed by atoms with Gasteiger partial charge in [0.1, 0.15) is 0 Å². The highest BCUT2D eigenvalue weighted by Crippen LogP contribution is 2.48. The summed E-state index contributed by atoms with van der Waals surface area (Å²) in [5.41, 5.74) is 0.809. The van der Waals surface area contributed by atoms with Gasteiger partial charge in [-0.25, -0.2) is 0 Å². The van der Waals surface area contributed by atoms with E-state index in [4.69, 9.17) is 0 Å². The molecule has 0 N–H and O–H groups in total. The van der Waals surface area contributed by atoms with Gasteiger partial charge in [0.2, 0.25) is 0 Å². The molecule has 0 aliphatic heterocycles. The number of hydrogen-bond donors (Lipinski definition) is 0. The molecule has 0 saturated heterocycles. The number of hydrogen-bond acceptors (Lipinski definition) is 0. The second-order valence-electron chi connectivity index (χ2n) is 6.37. The van der Waals surface area contributed by atoms with E-state index in [0.717, 1.165) is 17.3 Å². The first-order chi connectivity index (χ1) is 9.24. The van der Waals surface area contributed by atoms with E-state index in [-0.39, 0.29) is 0 Å². The summed E-state index contributed by atoms with van der Waals surface area (Å²) in [6, 6.07) is 0. The van der Waals surface area contributed by atoms with Crippen molar-refractivity contribution in [2.75, 3.05) is 0 Å². The van der Waals surface area contributed by atoms with E-state index in [0.29, 0.717) is 0 Å². The van der Waals surface area contributed by atoms with Gasteiger partial charge in [0.25, 0.3) is 0 Å². The Morgan fingerprint density at radius 2 is 1.42 bits per heavy atom. The van der Waals surface area contributed by atoms with Crippen LogP contribution in [0.3, 0.4) is 0 Å². The first-order valence-corrected chi connectivity index (χ1v) is 9.24. The molecule has 0 bridgehead atoms. The van der Waals surface area contributed by atoms with Crippen LogP contribution in [0.4, 0.5) is 0 Å². The van der Waals surface area contributed by atoms with Gasteiger partial charge in [0, 0.05) is 0 Å². The Balaban J connectivity index is 0.000000741. The Morgan fingerprint density at radius 1 is 0.895 bits per heavy atom. The Morgan fingerprint density at radius 3 is 1.79 bits per heavy atom. The summed E-state index contributed by atoms with van der Waals surface area (Å²) in [5, 5.41) is 0. The first-order valence-electron chi connectivity index (χ1n) is 9.24. The molecule has 2 aliphatic rings. The molecule has 19 heavy (non-hydrogen) atoms. The second kappa shape index (κ2) is 10.7. The summed E-state index contributed by atoms with van der Waals surface area (Å²) in [6.07, 6.45) is 15.2. The van der Waals surface area contributed by atoms with Gasteiger partial charge in [0.05, 0.1) is 0 Å². The predicted molar refractivity (Wildman–Crippen MR) is 89.6 cm³/mol. The van der Waals surface area contributed by atoms with Crippen LogP contribution in [0, 0.1) is 17.3 Å². The van der Waals surface area contributed by atoms with Crippen LogP contribution in [0.1, 0.15) is 106 Å². The third kappa shape index (κ3) is 6.32. The molecule has 2 saturated carbocycles. The zero-order valence-electron chi connectivity index (χ0n) is 14.7. The zero-order chi connectivity index (χ0) is 14.7. The van der Waals surface area contributed by atoms with Crippen LogP contribution in [0.25, 0.3) is 0 Å². The Kier molecular flexibility index (Phi) is 10.7. The quantitative estimate of drug-likeness (QED) is 0.504. The zero-order valence-corrected chi connectivity index (χ0v) is 14.7. The molecule has 0 amide bonds. The minimum atomic E-state index is 0.809. The summed E-state index contributed by atoms with van der Waals surface area (Å²) in [7, 11) is 0. The van der Waals surface area contributed by atoms with E-state index in [1.165, 1.54) is 51.4 Å². The largest absolute Gasteiger partial charge is 0.0683 e. The fraction of sp³-hybridized carbons (Fsp3) is 1.00. The van der Waals surface area contributed by atoms with Gasteiger partial charge in [-0.1, -0.05) is 80.1 Å². The lowest BCUT2D eigenvalue weighted by Crippen LogP contribution is -2.29. The highest BCUT2D eigenvalue weighted by atomic mass is 14.4. The molecule has 0 unspecified atom stereocenters. The van der Waals surface area contributed by atoms with E-state index >= 15 is 0 Å². The third-order valence-electron chi connectivity index (χ3n) is 5.38. The molecule has 0 aromatic carbocycles. The molecule has 116 valence electrons. The summed E-state index contributed by atoms with van der Waals surface area (Å²) in [6.45, 7) is 12.8. The van der Waals surface area contributed by atoms with Gasteiger partial charge < -0.3 is 0 Å². The molecule has 0 nitrogen and oxygen atoms in total. The normalized spacial score (nSPS) is 28.1. The van der Waals surface area contributed by atoms with Gasteiger partial charge in [-0.05, 0) is 42.9 Å². The van der Waals surface area contributed by atoms with Crippen molar-refractivity contribution in [1.82, 2.24) is 0 Å². The molecular weight excluding hydrogens is 228 g/mol. The van der Waals surface area contributed by atoms with Gasteiger partial charge in [-0.2, -0.15) is 0 Å². The van der Waals surface area contributed by atoms with Crippen LogP contribution in [0.5, 0.6) is 0 Å². The van der Waals surface area contributed by atoms with Gasteiger partial charge in [-0.3, -0.25) is 0 Å². The molecule has 0 aromatic heterocycles. The predicted octanol–water partition coefficient (Wildman–Crippen LogP) is 7.23. The van der Waals surface area contributed by atoms with Crippen molar-refractivity contribution < 1.29 is 0 Å². The smallest absolute Gasteiger partial charge is 0.0300 e.